The number of carbonyl (C=O) groups excluding carboxylic acids is 1. The van der Waals surface area contributed by atoms with Gasteiger partial charge in [0, 0.05) is 37.1 Å². The first-order chi connectivity index (χ1) is 14.7. The van der Waals surface area contributed by atoms with Gasteiger partial charge < -0.3 is 19.3 Å². The highest BCUT2D eigenvalue weighted by atomic mass is 16.5. The molecular weight excluding hydrogens is 382 g/mol. The minimum Gasteiger partial charge on any atom is -0.376 e. The largest absolute Gasteiger partial charge is 0.376 e. The number of ether oxygens (including phenoxy) is 2. The van der Waals surface area contributed by atoms with Crippen molar-refractivity contribution in [2.45, 2.75) is 5.60 Å². The Morgan fingerprint density at radius 2 is 1.93 bits per heavy atom. The molecule has 30 heavy (non-hydrogen) atoms. The average molecular weight is 405 g/mol. The lowest BCUT2D eigenvalue weighted by molar-refractivity contribution is -0.124. The van der Waals surface area contributed by atoms with Gasteiger partial charge in [-0.3, -0.25) is 14.8 Å². The van der Waals surface area contributed by atoms with Crippen molar-refractivity contribution < 1.29 is 14.3 Å². The predicted molar refractivity (Wildman–Crippen MR) is 111 cm³/mol. The average Bonchev–Trinajstić information content (AvgIpc) is 3.01. The molecule has 0 saturated carbocycles. The Morgan fingerprint density at radius 3 is 2.83 bits per heavy atom. The zero-order valence-corrected chi connectivity index (χ0v) is 16.6. The Labute approximate surface area is 174 Å². The zero-order valence-electron chi connectivity index (χ0n) is 16.6. The summed E-state index contributed by atoms with van der Waals surface area (Å²) in [5, 5.41) is 1.87. The summed E-state index contributed by atoms with van der Waals surface area (Å²) in [6.07, 6.45) is 6.76. The molecule has 1 aromatic carbocycles. The summed E-state index contributed by atoms with van der Waals surface area (Å²) in [4.78, 5) is 30.4. The minimum absolute atomic E-state index is 0.0789. The number of fused-ring (bicyclic) bond motifs is 1. The van der Waals surface area contributed by atoms with Crippen LogP contribution in [0.2, 0.25) is 0 Å². The fourth-order valence-electron chi connectivity index (χ4n) is 4.20. The second-order valence-corrected chi connectivity index (χ2v) is 7.68. The van der Waals surface area contributed by atoms with Crippen LogP contribution in [0.4, 0.5) is 5.82 Å². The first-order valence-corrected chi connectivity index (χ1v) is 10.1. The molecule has 0 N–H and O–H groups in total. The van der Waals surface area contributed by atoms with Gasteiger partial charge in [0.05, 0.1) is 39.1 Å². The molecule has 1 spiro atoms. The topological polar surface area (TPSA) is 80.7 Å². The molecule has 2 aliphatic rings. The third-order valence-corrected chi connectivity index (χ3v) is 5.64. The van der Waals surface area contributed by atoms with E-state index in [9.17, 15) is 4.79 Å². The summed E-state index contributed by atoms with van der Waals surface area (Å²) in [6.45, 7) is 3.69. The Kier molecular flexibility index (Phi) is 5.02. The molecule has 2 fully saturated rings. The number of carbonyl (C=O) groups is 1. The van der Waals surface area contributed by atoms with Crippen LogP contribution in [0.5, 0.6) is 0 Å². The van der Waals surface area contributed by atoms with Crippen molar-refractivity contribution in [3.8, 4) is 0 Å². The molecule has 1 atom stereocenters. The van der Waals surface area contributed by atoms with Gasteiger partial charge in [-0.05, 0) is 11.5 Å². The highest BCUT2D eigenvalue weighted by Gasteiger charge is 2.42. The van der Waals surface area contributed by atoms with E-state index in [0.717, 1.165) is 16.6 Å². The summed E-state index contributed by atoms with van der Waals surface area (Å²) in [5.41, 5.74) is -0.141. The molecule has 2 aliphatic heterocycles. The Balaban J connectivity index is 1.41. The summed E-state index contributed by atoms with van der Waals surface area (Å²) >= 11 is 0. The van der Waals surface area contributed by atoms with Gasteiger partial charge >= 0.3 is 0 Å². The van der Waals surface area contributed by atoms with E-state index in [2.05, 4.69) is 19.9 Å². The van der Waals surface area contributed by atoms with Crippen LogP contribution in [0, 0.1) is 0 Å². The Hall–Kier alpha value is -3.10. The number of amides is 1. The van der Waals surface area contributed by atoms with Gasteiger partial charge in [-0.25, -0.2) is 4.98 Å². The SMILES string of the molecule is O=C(c1nccc2ccccc12)N1CCO[C@]2(COCCN(c3cnccn3)C2)C1. The van der Waals surface area contributed by atoms with Crippen LogP contribution in [-0.2, 0) is 9.47 Å². The third-order valence-electron chi connectivity index (χ3n) is 5.64. The fourth-order valence-corrected chi connectivity index (χ4v) is 4.20. The van der Waals surface area contributed by atoms with E-state index < -0.39 is 5.60 Å². The molecule has 8 nitrogen and oxygen atoms in total. The van der Waals surface area contributed by atoms with Gasteiger partial charge in [0.15, 0.2) is 0 Å². The van der Waals surface area contributed by atoms with Crippen LogP contribution in [-0.4, -0.2) is 77.4 Å². The van der Waals surface area contributed by atoms with E-state index >= 15 is 0 Å². The summed E-state index contributed by atoms with van der Waals surface area (Å²) in [5.74, 6) is 0.704. The molecule has 0 radical (unpaired) electrons. The highest BCUT2D eigenvalue weighted by molar-refractivity contribution is 6.05. The van der Waals surface area contributed by atoms with Crippen molar-refractivity contribution in [2.24, 2.45) is 0 Å². The van der Waals surface area contributed by atoms with E-state index in [0.29, 0.717) is 51.7 Å². The molecule has 2 saturated heterocycles. The molecule has 0 unspecified atom stereocenters. The lowest BCUT2D eigenvalue weighted by Gasteiger charge is -2.43. The first-order valence-electron chi connectivity index (χ1n) is 10.1. The van der Waals surface area contributed by atoms with Gasteiger partial charge in [0.25, 0.3) is 5.91 Å². The number of aromatic nitrogens is 3. The molecule has 3 aromatic rings. The van der Waals surface area contributed by atoms with E-state index in [1.807, 2.05) is 35.2 Å². The third kappa shape index (κ3) is 3.59. The number of pyridine rings is 1. The predicted octanol–water partition coefficient (Wildman–Crippen LogP) is 1.77. The van der Waals surface area contributed by atoms with Crippen molar-refractivity contribution >= 4 is 22.5 Å². The van der Waals surface area contributed by atoms with E-state index in [1.165, 1.54) is 0 Å². The highest BCUT2D eigenvalue weighted by Crippen LogP contribution is 2.26. The molecule has 8 heteroatoms. The van der Waals surface area contributed by atoms with Gasteiger partial charge in [-0.2, -0.15) is 0 Å². The lowest BCUT2D eigenvalue weighted by atomic mass is 10.0. The number of nitrogens with zero attached hydrogens (tertiary/aromatic N) is 5. The van der Waals surface area contributed by atoms with Crippen LogP contribution < -0.4 is 4.90 Å². The van der Waals surface area contributed by atoms with Crippen molar-refractivity contribution in [3.63, 3.8) is 0 Å². The van der Waals surface area contributed by atoms with E-state index in [4.69, 9.17) is 9.47 Å². The molecule has 1 amide bonds. The van der Waals surface area contributed by atoms with Crippen LogP contribution in [0.1, 0.15) is 10.5 Å². The molecule has 0 aliphatic carbocycles. The normalized spacial score (nSPS) is 22.3. The van der Waals surface area contributed by atoms with Crippen molar-refractivity contribution in [3.05, 3.63) is 60.8 Å². The van der Waals surface area contributed by atoms with Gasteiger partial charge in [0.1, 0.15) is 17.1 Å². The van der Waals surface area contributed by atoms with Gasteiger partial charge in [-0.1, -0.05) is 24.3 Å². The van der Waals surface area contributed by atoms with Crippen LogP contribution >= 0.6 is 0 Å². The monoisotopic (exact) mass is 405 g/mol. The zero-order chi connectivity index (χ0) is 20.4. The maximum absolute atomic E-state index is 13.4. The van der Waals surface area contributed by atoms with Gasteiger partial charge in [-0.15, -0.1) is 0 Å². The number of anilines is 1. The molecule has 2 aromatic heterocycles. The van der Waals surface area contributed by atoms with E-state index in [1.54, 1.807) is 24.8 Å². The maximum atomic E-state index is 13.4. The number of hydrogen-bond acceptors (Lipinski definition) is 7. The molecule has 154 valence electrons. The van der Waals surface area contributed by atoms with Crippen molar-refractivity contribution in [1.29, 1.82) is 0 Å². The van der Waals surface area contributed by atoms with Gasteiger partial charge in [0.2, 0.25) is 0 Å². The number of morpholine rings is 1. The molecular formula is C22H23N5O3. The van der Waals surface area contributed by atoms with E-state index in [-0.39, 0.29) is 5.91 Å². The number of hydrogen-bond donors (Lipinski definition) is 0. The second kappa shape index (κ2) is 7.97. The fraction of sp³-hybridized carbons (Fsp3) is 0.364. The van der Waals surface area contributed by atoms with Crippen LogP contribution in [0.3, 0.4) is 0 Å². The molecule has 0 bridgehead atoms. The Morgan fingerprint density at radius 1 is 1.00 bits per heavy atom. The smallest absolute Gasteiger partial charge is 0.273 e. The summed E-state index contributed by atoms with van der Waals surface area (Å²) in [6, 6.07) is 9.75. The van der Waals surface area contributed by atoms with Crippen LogP contribution in [0.25, 0.3) is 10.8 Å². The van der Waals surface area contributed by atoms with Crippen molar-refractivity contribution in [1.82, 2.24) is 19.9 Å². The number of rotatable bonds is 2. The standard InChI is InChI=1S/C22H23N5O3/c28-21(20-18-4-2-1-3-17(18)5-6-25-20)27-10-12-30-22(15-27)14-26(9-11-29-16-22)19-13-23-7-8-24-19/h1-8,13H,9-12,14-16H2/t22-/m0/s1. The van der Waals surface area contributed by atoms with Crippen LogP contribution in [0.15, 0.2) is 55.1 Å². The lowest BCUT2D eigenvalue weighted by Crippen LogP contribution is -2.60. The maximum Gasteiger partial charge on any atom is 0.273 e. The Bertz CT molecular complexity index is 1040. The van der Waals surface area contributed by atoms with Crippen molar-refractivity contribution in [2.75, 3.05) is 50.9 Å². The molecule has 4 heterocycles. The quantitative estimate of drug-likeness (QED) is 0.643. The number of benzene rings is 1. The molecule has 5 rings (SSSR count). The summed E-state index contributed by atoms with van der Waals surface area (Å²) < 4.78 is 12.1. The minimum atomic E-state index is -0.619. The summed E-state index contributed by atoms with van der Waals surface area (Å²) in [7, 11) is 0. The first kappa shape index (κ1) is 18.9. The second-order valence-electron chi connectivity index (χ2n) is 7.68.